The topological polar surface area (TPSA) is 80.9 Å². The zero-order chi connectivity index (χ0) is 18.8. The van der Waals surface area contributed by atoms with Gasteiger partial charge < -0.3 is 10.2 Å². The van der Waals surface area contributed by atoms with Gasteiger partial charge >= 0.3 is 0 Å². The molecule has 0 unspecified atom stereocenters. The van der Waals surface area contributed by atoms with E-state index in [1.54, 1.807) is 43.2 Å². The second-order valence-electron chi connectivity index (χ2n) is 6.29. The summed E-state index contributed by atoms with van der Waals surface area (Å²) >= 11 is 6.22. The van der Waals surface area contributed by atoms with Gasteiger partial charge in [0.2, 0.25) is 0 Å². The van der Waals surface area contributed by atoms with Gasteiger partial charge in [0.05, 0.1) is 18.1 Å². The number of anilines is 1. The van der Waals surface area contributed by atoms with Gasteiger partial charge in [-0.3, -0.25) is 9.48 Å². The molecule has 1 amide bonds. The normalized spacial score (nSPS) is 11.2. The van der Waals surface area contributed by atoms with Crippen LogP contribution >= 0.6 is 11.6 Å². The summed E-state index contributed by atoms with van der Waals surface area (Å²) in [6, 6.07) is 5.40. The summed E-state index contributed by atoms with van der Waals surface area (Å²) < 4.78 is 1.65. The standard InChI is InChI=1S/C17H20ClN7O/c1-11-16(22-25(21-11)14-8-19-24(4)10-14)17(26)20-13-5-6-15(18)12(7-13)9-23(2)3/h5-8,10H,9H2,1-4H3,(H,20,26). The lowest BCUT2D eigenvalue weighted by Gasteiger charge is -2.13. The zero-order valence-electron chi connectivity index (χ0n) is 15.1. The van der Waals surface area contributed by atoms with Crippen molar-refractivity contribution < 1.29 is 4.79 Å². The Morgan fingerprint density at radius 1 is 1.31 bits per heavy atom. The van der Waals surface area contributed by atoms with Crippen LogP contribution in [0.2, 0.25) is 5.02 Å². The van der Waals surface area contributed by atoms with E-state index in [1.807, 2.05) is 25.1 Å². The number of benzene rings is 1. The molecule has 1 aromatic carbocycles. The first kappa shape index (κ1) is 18.1. The Morgan fingerprint density at radius 2 is 2.08 bits per heavy atom. The molecule has 0 atom stereocenters. The lowest BCUT2D eigenvalue weighted by molar-refractivity contribution is 0.102. The highest BCUT2D eigenvalue weighted by Gasteiger charge is 2.17. The lowest BCUT2D eigenvalue weighted by atomic mass is 10.2. The number of carbonyl (C=O) groups is 1. The molecule has 0 spiro atoms. The number of aromatic nitrogens is 5. The summed E-state index contributed by atoms with van der Waals surface area (Å²) in [5.74, 6) is -0.323. The fraction of sp³-hybridized carbons (Fsp3) is 0.294. The van der Waals surface area contributed by atoms with Crippen molar-refractivity contribution in [3.05, 3.63) is 52.6 Å². The Balaban J connectivity index is 1.81. The van der Waals surface area contributed by atoms with Crippen LogP contribution in [0.3, 0.4) is 0 Å². The third-order valence-electron chi connectivity index (χ3n) is 3.71. The van der Waals surface area contributed by atoms with E-state index in [4.69, 9.17) is 11.6 Å². The molecule has 0 bridgehead atoms. The molecule has 0 aliphatic rings. The van der Waals surface area contributed by atoms with E-state index in [-0.39, 0.29) is 11.6 Å². The van der Waals surface area contributed by atoms with E-state index < -0.39 is 0 Å². The third-order valence-corrected chi connectivity index (χ3v) is 4.08. The molecule has 9 heteroatoms. The summed E-state index contributed by atoms with van der Waals surface area (Å²) in [6.07, 6.45) is 3.40. The number of amides is 1. The van der Waals surface area contributed by atoms with Crippen LogP contribution in [-0.2, 0) is 13.6 Å². The molecule has 26 heavy (non-hydrogen) atoms. The number of hydrogen-bond donors (Lipinski definition) is 1. The van der Waals surface area contributed by atoms with Crippen molar-refractivity contribution in [2.45, 2.75) is 13.5 Å². The second-order valence-corrected chi connectivity index (χ2v) is 6.70. The highest BCUT2D eigenvalue weighted by molar-refractivity contribution is 6.31. The van der Waals surface area contributed by atoms with Gasteiger partial charge in [0.1, 0.15) is 5.69 Å². The van der Waals surface area contributed by atoms with Gasteiger partial charge in [-0.25, -0.2) is 0 Å². The minimum Gasteiger partial charge on any atom is -0.321 e. The van der Waals surface area contributed by atoms with Crippen molar-refractivity contribution in [3.63, 3.8) is 0 Å². The molecule has 8 nitrogen and oxygen atoms in total. The summed E-state index contributed by atoms with van der Waals surface area (Å²) in [4.78, 5) is 16.0. The first-order valence-electron chi connectivity index (χ1n) is 8.01. The van der Waals surface area contributed by atoms with Crippen molar-refractivity contribution in [1.29, 1.82) is 0 Å². The van der Waals surface area contributed by atoms with Gasteiger partial charge in [0, 0.05) is 24.3 Å². The lowest BCUT2D eigenvalue weighted by Crippen LogP contribution is -2.15. The van der Waals surface area contributed by atoms with Gasteiger partial charge in [-0.1, -0.05) is 11.6 Å². The molecule has 0 saturated heterocycles. The van der Waals surface area contributed by atoms with Gasteiger partial charge in [-0.15, -0.1) is 9.90 Å². The molecule has 3 rings (SSSR count). The summed E-state index contributed by atoms with van der Waals surface area (Å²) in [5.41, 5.74) is 3.08. The Labute approximate surface area is 156 Å². The van der Waals surface area contributed by atoms with E-state index >= 15 is 0 Å². The summed E-state index contributed by atoms with van der Waals surface area (Å²) in [6.45, 7) is 2.42. The molecule has 0 radical (unpaired) electrons. The maximum absolute atomic E-state index is 12.6. The smallest absolute Gasteiger partial charge is 0.278 e. The van der Waals surface area contributed by atoms with Crippen LogP contribution in [-0.4, -0.2) is 49.7 Å². The number of nitrogens with zero attached hydrogens (tertiary/aromatic N) is 6. The van der Waals surface area contributed by atoms with Crippen molar-refractivity contribution in [1.82, 2.24) is 29.7 Å². The Bertz CT molecular complexity index is 944. The number of halogens is 1. The highest BCUT2D eigenvalue weighted by atomic mass is 35.5. The highest BCUT2D eigenvalue weighted by Crippen LogP contribution is 2.22. The SMILES string of the molecule is Cc1nn(-c2cnn(C)c2)nc1C(=O)Nc1ccc(Cl)c(CN(C)C)c1. The largest absolute Gasteiger partial charge is 0.321 e. The maximum atomic E-state index is 12.6. The summed E-state index contributed by atoms with van der Waals surface area (Å²) in [5, 5.41) is 16.2. The average molecular weight is 374 g/mol. The van der Waals surface area contributed by atoms with Crippen LogP contribution in [0.5, 0.6) is 0 Å². The van der Waals surface area contributed by atoms with Crippen molar-refractivity contribution in [2.24, 2.45) is 7.05 Å². The quantitative estimate of drug-likeness (QED) is 0.742. The van der Waals surface area contributed by atoms with E-state index in [2.05, 4.69) is 20.6 Å². The minimum absolute atomic E-state index is 0.262. The first-order chi connectivity index (χ1) is 12.3. The first-order valence-corrected chi connectivity index (χ1v) is 8.39. The minimum atomic E-state index is -0.323. The van der Waals surface area contributed by atoms with E-state index in [0.717, 1.165) is 5.56 Å². The molecule has 0 aliphatic heterocycles. The maximum Gasteiger partial charge on any atom is 0.278 e. The third kappa shape index (κ3) is 3.92. The molecule has 0 aliphatic carbocycles. The number of carbonyl (C=O) groups excluding carboxylic acids is 1. The van der Waals surface area contributed by atoms with Crippen molar-refractivity contribution in [2.75, 3.05) is 19.4 Å². The Hall–Kier alpha value is -2.71. The van der Waals surface area contributed by atoms with Gasteiger partial charge in [-0.2, -0.15) is 10.2 Å². The van der Waals surface area contributed by atoms with Crippen LogP contribution in [0.4, 0.5) is 5.69 Å². The van der Waals surface area contributed by atoms with Crippen LogP contribution in [0.15, 0.2) is 30.6 Å². The molecular formula is C17H20ClN7O. The van der Waals surface area contributed by atoms with Crippen LogP contribution in [0.1, 0.15) is 21.7 Å². The van der Waals surface area contributed by atoms with Crippen LogP contribution < -0.4 is 5.32 Å². The van der Waals surface area contributed by atoms with E-state index in [9.17, 15) is 4.79 Å². The molecule has 2 aromatic heterocycles. The van der Waals surface area contributed by atoms with Crippen molar-refractivity contribution in [3.8, 4) is 5.69 Å². The number of nitrogens with one attached hydrogen (secondary N) is 1. The van der Waals surface area contributed by atoms with Gasteiger partial charge in [-0.05, 0) is 44.8 Å². The molecule has 3 aromatic rings. The molecule has 1 N–H and O–H groups in total. The number of hydrogen-bond acceptors (Lipinski definition) is 5. The van der Waals surface area contributed by atoms with Crippen LogP contribution in [0.25, 0.3) is 5.69 Å². The molecule has 2 heterocycles. The second kappa shape index (κ2) is 7.27. The Kier molecular flexibility index (Phi) is 5.06. The zero-order valence-corrected chi connectivity index (χ0v) is 15.8. The molecule has 0 saturated carbocycles. The van der Waals surface area contributed by atoms with Gasteiger partial charge in [0.25, 0.3) is 5.91 Å². The fourth-order valence-electron chi connectivity index (χ4n) is 2.52. The Morgan fingerprint density at radius 3 is 2.73 bits per heavy atom. The monoisotopic (exact) mass is 373 g/mol. The van der Waals surface area contributed by atoms with Gasteiger partial charge in [0.15, 0.2) is 5.69 Å². The predicted molar refractivity (Wildman–Crippen MR) is 99.7 cm³/mol. The predicted octanol–water partition coefficient (Wildman–Crippen LogP) is 2.28. The molecular weight excluding hydrogens is 354 g/mol. The molecule has 0 fully saturated rings. The number of aryl methyl sites for hydroxylation is 2. The average Bonchev–Trinajstić information content (AvgIpc) is 3.16. The van der Waals surface area contributed by atoms with Crippen molar-refractivity contribution >= 4 is 23.2 Å². The molecule has 136 valence electrons. The summed E-state index contributed by atoms with van der Waals surface area (Å²) in [7, 11) is 5.72. The number of rotatable bonds is 5. The van der Waals surface area contributed by atoms with E-state index in [0.29, 0.717) is 28.6 Å². The fourth-order valence-corrected chi connectivity index (χ4v) is 2.70. The van der Waals surface area contributed by atoms with Crippen LogP contribution in [0, 0.1) is 6.92 Å². The van der Waals surface area contributed by atoms with E-state index in [1.165, 1.54) is 4.80 Å².